The van der Waals surface area contributed by atoms with E-state index in [0.29, 0.717) is 22.9 Å². The molecule has 2 aromatic heterocycles. The summed E-state index contributed by atoms with van der Waals surface area (Å²) in [5.41, 5.74) is 3.45. The Morgan fingerprint density at radius 3 is 2.75 bits per heavy atom. The molecule has 5 nitrogen and oxygen atoms in total. The predicted octanol–water partition coefficient (Wildman–Crippen LogP) is 5.01. The van der Waals surface area contributed by atoms with Crippen LogP contribution in [-0.4, -0.2) is 14.8 Å². The molecular weight excluding hydrogens is 395 g/mol. The Morgan fingerprint density at radius 1 is 1.11 bits per heavy atom. The average molecular weight is 411 g/mol. The highest BCUT2D eigenvalue weighted by molar-refractivity contribution is 6.33. The lowest BCUT2D eigenvalue weighted by atomic mass is 10.1. The summed E-state index contributed by atoms with van der Waals surface area (Å²) in [6.07, 6.45) is 3.30. The molecule has 1 N–H and O–H groups in total. The third-order valence-corrected chi connectivity index (χ3v) is 5.28. The molecule has 0 aliphatic rings. The number of hydrogen-bond acceptors (Lipinski definition) is 4. The quantitative estimate of drug-likeness (QED) is 0.513. The maximum Gasteiger partial charge on any atom is 0.292 e. The number of pyridine rings is 1. The Balaban J connectivity index is 1.63. The normalized spacial score (nSPS) is 11.0. The second-order valence-corrected chi connectivity index (χ2v) is 7.15. The van der Waals surface area contributed by atoms with Crippen LogP contribution in [0.1, 0.15) is 11.1 Å². The molecule has 7 heteroatoms. The standard InChI is InChI=1S/C21H16Cl2N4O/c1-13-7-8-16(10-17(13)22)27-21(28)19(23)18(12-26-27)25-11-15-5-2-4-14-6-3-9-24-20(14)15/h2-10,12,25H,11H2,1H3. The van der Waals surface area contributed by atoms with Gasteiger partial charge in [-0.25, -0.2) is 0 Å². The highest BCUT2D eigenvalue weighted by Gasteiger charge is 2.12. The third-order valence-electron chi connectivity index (χ3n) is 4.50. The molecule has 0 unspecified atom stereocenters. The van der Waals surface area contributed by atoms with Gasteiger partial charge in [0.25, 0.3) is 5.56 Å². The van der Waals surface area contributed by atoms with Crippen molar-refractivity contribution < 1.29 is 0 Å². The molecule has 0 fully saturated rings. The number of anilines is 1. The monoisotopic (exact) mass is 410 g/mol. The number of rotatable bonds is 4. The Hall–Kier alpha value is -2.89. The van der Waals surface area contributed by atoms with E-state index in [-0.39, 0.29) is 5.02 Å². The Morgan fingerprint density at radius 2 is 1.93 bits per heavy atom. The van der Waals surface area contributed by atoms with E-state index in [2.05, 4.69) is 15.4 Å². The van der Waals surface area contributed by atoms with Gasteiger partial charge in [-0.3, -0.25) is 9.78 Å². The molecule has 0 saturated heterocycles. The number of nitrogens with zero attached hydrogens (tertiary/aromatic N) is 3. The number of hydrogen-bond donors (Lipinski definition) is 1. The van der Waals surface area contributed by atoms with Crippen molar-refractivity contribution in [2.75, 3.05) is 5.32 Å². The van der Waals surface area contributed by atoms with Gasteiger partial charge < -0.3 is 5.32 Å². The average Bonchev–Trinajstić information content (AvgIpc) is 2.71. The van der Waals surface area contributed by atoms with Gasteiger partial charge in [0.2, 0.25) is 0 Å². The Kier molecular flexibility index (Phi) is 5.03. The summed E-state index contributed by atoms with van der Waals surface area (Å²) >= 11 is 12.5. The van der Waals surface area contributed by atoms with Crippen molar-refractivity contribution in [2.45, 2.75) is 13.5 Å². The highest BCUT2D eigenvalue weighted by atomic mass is 35.5. The lowest BCUT2D eigenvalue weighted by Gasteiger charge is -2.12. The summed E-state index contributed by atoms with van der Waals surface area (Å²) in [6, 6.07) is 15.2. The fourth-order valence-corrected chi connectivity index (χ4v) is 3.32. The van der Waals surface area contributed by atoms with Crippen LogP contribution in [0.25, 0.3) is 16.6 Å². The Bertz CT molecular complexity index is 1230. The molecule has 0 aliphatic heterocycles. The van der Waals surface area contributed by atoms with Gasteiger partial charge in [0.1, 0.15) is 5.02 Å². The first kappa shape index (κ1) is 18.5. The van der Waals surface area contributed by atoms with E-state index >= 15 is 0 Å². The molecule has 140 valence electrons. The van der Waals surface area contributed by atoms with Crippen molar-refractivity contribution in [1.29, 1.82) is 0 Å². The molecule has 2 aromatic carbocycles. The van der Waals surface area contributed by atoms with Gasteiger partial charge in [-0.1, -0.05) is 53.5 Å². The lowest BCUT2D eigenvalue weighted by molar-refractivity contribution is 0.807. The van der Waals surface area contributed by atoms with Gasteiger partial charge in [-0.05, 0) is 36.2 Å². The zero-order valence-corrected chi connectivity index (χ0v) is 16.5. The molecule has 2 heterocycles. The van der Waals surface area contributed by atoms with E-state index in [4.69, 9.17) is 23.2 Å². The first-order valence-corrected chi connectivity index (χ1v) is 9.41. The first-order valence-electron chi connectivity index (χ1n) is 8.65. The van der Waals surface area contributed by atoms with Crippen LogP contribution >= 0.6 is 23.2 Å². The number of para-hydroxylation sites is 1. The number of aryl methyl sites for hydroxylation is 1. The van der Waals surface area contributed by atoms with Crippen molar-refractivity contribution in [3.8, 4) is 5.69 Å². The molecule has 0 spiro atoms. The second-order valence-electron chi connectivity index (χ2n) is 6.37. The van der Waals surface area contributed by atoms with E-state index in [1.165, 1.54) is 10.9 Å². The molecule has 0 amide bonds. The summed E-state index contributed by atoms with van der Waals surface area (Å²) in [5, 5.41) is 9.11. The van der Waals surface area contributed by atoms with Gasteiger partial charge in [0, 0.05) is 23.2 Å². The second kappa shape index (κ2) is 7.62. The first-order chi connectivity index (χ1) is 13.5. The zero-order valence-electron chi connectivity index (χ0n) is 15.0. The molecule has 0 saturated carbocycles. The van der Waals surface area contributed by atoms with Crippen LogP contribution in [0, 0.1) is 6.92 Å². The molecule has 0 radical (unpaired) electrons. The summed E-state index contributed by atoms with van der Waals surface area (Å²) in [5.74, 6) is 0. The molecule has 0 atom stereocenters. The minimum Gasteiger partial charge on any atom is -0.378 e. The number of aromatic nitrogens is 3. The minimum absolute atomic E-state index is 0.0693. The van der Waals surface area contributed by atoms with E-state index in [1.807, 2.05) is 43.3 Å². The molecule has 28 heavy (non-hydrogen) atoms. The van der Waals surface area contributed by atoms with Gasteiger partial charge in [0.15, 0.2) is 0 Å². The number of fused-ring (bicyclic) bond motifs is 1. The van der Waals surface area contributed by atoms with Crippen LogP contribution in [0.5, 0.6) is 0 Å². The topological polar surface area (TPSA) is 59.8 Å². The zero-order chi connectivity index (χ0) is 19.7. The third kappa shape index (κ3) is 3.46. The van der Waals surface area contributed by atoms with Crippen molar-refractivity contribution >= 4 is 39.8 Å². The summed E-state index contributed by atoms with van der Waals surface area (Å²) in [4.78, 5) is 17.1. The smallest absolute Gasteiger partial charge is 0.292 e. The molecule has 4 aromatic rings. The predicted molar refractivity (Wildman–Crippen MR) is 114 cm³/mol. The van der Waals surface area contributed by atoms with Crippen molar-refractivity contribution in [2.24, 2.45) is 0 Å². The van der Waals surface area contributed by atoms with Crippen LogP contribution in [-0.2, 0) is 6.54 Å². The highest BCUT2D eigenvalue weighted by Crippen LogP contribution is 2.22. The largest absolute Gasteiger partial charge is 0.378 e. The summed E-state index contributed by atoms with van der Waals surface area (Å²) in [7, 11) is 0. The number of benzene rings is 2. The van der Waals surface area contributed by atoms with Crippen LogP contribution in [0.3, 0.4) is 0 Å². The van der Waals surface area contributed by atoms with Crippen molar-refractivity contribution in [3.05, 3.63) is 92.5 Å². The molecule has 0 aliphatic carbocycles. The molecule has 4 rings (SSSR count). The van der Waals surface area contributed by atoms with Crippen molar-refractivity contribution in [1.82, 2.24) is 14.8 Å². The maximum absolute atomic E-state index is 12.7. The fraction of sp³-hybridized carbons (Fsp3) is 0.0952. The molecule has 0 bridgehead atoms. The fourth-order valence-electron chi connectivity index (χ4n) is 2.95. The number of halogens is 2. The minimum atomic E-state index is -0.414. The van der Waals surface area contributed by atoms with Crippen molar-refractivity contribution in [3.63, 3.8) is 0 Å². The SMILES string of the molecule is Cc1ccc(-n2ncc(NCc3cccc4cccnc34)c(Cl)c2=O)cc1Cl. The van der Waals surface area contributed by atoms with E-state index in [9.17, 15) is 4.79 Å². The summed E-state index contributed by atoms with van der Waals surface area (Å²) in [6.45, 7) is 2.36. The van der Waals surface area contributed by atoms with E-state index in [1.54, 1.807) is 18.3 Å². The van der Waals surface area contributed by atoms with Gasteiger partial charge in [0.05, 0.1) is 23.1 Å². The number of nitrogens with one attached hydrogen (secondary N) is 1. The van der Waals surface area contributed by atoms with Crippen LogP contribution in [0.15, 0.2) is 65.7 Å². The van der Waals surface area contributed by atoms with E-state index in [0.717, 1.165) is 22.0 Å². The van der Waals surface area contributed by atoms with Gasteiger partial charge in [-0.2, -0.15) is 9.78 Å². The van der Waals surface area contributed by atoms with Crippen LogP contribution in [0.4, 0.5) is 5.69 Å². The van der Waals surface area contributed by atoms with Gasteiger partial charge >= 0.3 is 0 Å². The van der Waals surface area contributed by atoms with Crippen LogP contribution in [0.2, 0.25) is 10.0 Å². The summed E-state index contributed by atoms with van der Waals surface area (Å²) < 4.78 is 1.23. The van der Waals surface area contributed by atoms with Crippen LogP contribution < -0.4 is 10.9 Å². The van der Waals surface area contributed by atoms with E-state index < -0.39 is 5.56 Å². The maximum atomic E-state index is 12.7. The molecular formula is C21H16Cl2N4O. The lowest BCUT2D eigenvalue weighted by Crippen LogP contribution is -2.22. The Labute approximate surface area is 171 Å². The van der Waals surface area contributed by atoms with Gasteiger partial charge in [-0.15, -0.1) is 0 Å².